The van der Waals surface area contributed by atoms with Crippen molar-refractivity contribution >= 4 is 17.6 Å². The number of para-hydroxylation sites is 1. The maximum atomic E-state index is 12.9. The van der Waals surface area contributed by atoms with Crippen molar-refractivity contribution < 1.29 is 14.3 Å². The first kappa shape index (κ1) is 22.0. The number of rotatable bonds is 5. The number of nitrogens with one attached hydrogen (secondary N) is 1. The first-order valence-electron chi connectivity index (χ1n) is 11.2. The van der Waals surface area contributed by atoms with Crippen LogP contribution in [0.15, 0.2) is 18.2 Å². The summed E-state index contributed by atoms with van der Waals surface area (Å²) in [6, 6.07) is 5.95. The molecule has 170 valence electrons. The number of aromatic nitrogens is 2. The molecule has 0 spiro atoms. The first-order chi connectivity index (χ1) is 15.4. The number of hydrogen-bond acceptors (Lipinski definition) is 6. The number of hydrogen-bond donors (Lipinski definition) is 1. The Morgan fingerprint density at radius 3 is 2.56 bits per heavy atom. The van der Waals surface area contributed by atoms with Gasteiger partial charge in [-0.3, -0.25) is 9.59 Å². The van der Waals surface area contributed by atoms with Crippen LogP contribution in [-0.4, -0.2) is 64.9 Å². The molecule has 0 aliphatic carbocycles. The standard InChI is InChI=1S/C24H31N5O3/c1-15-6-5-7-16(2)22(15)32-14-21(31)29-11-9-20-19(13-29)24(25-4)27-23(26-20)18-8-10-28(12-18)17(3)30/h5-7,18H,8-14H2,1-4H3,(H,25,26,27)/t18-/m1/s1. The van der Waals surface area contributed by atoms with Gasteiger partial charge in [-0.15, -0.1) is 0 Å². The van der Waals surface area contributed by atoms with Crippen molar-refractivity contribution in [2.45, 2.75) is 46.1 Å². The van der Waals surface area contributed by atoms with Crippen LogP contribution < -0.4 is 10.1 Å². The number of likely N-dealkylation sites (tertiary alicyclic amines) is 1. The number of nitrogens with zero attached hydrogens (tertiary/aromatic N) is 4. The lowest BCUT2D eigenvalue weighted by molar-refractivity contribution is -0.134. The molecule has 2 amide bonds. The third-order valence-electron chi connectivity index (χ3n) is 6.41. The topological polar surface area (TPSA) is 87.7 Å². The van der Waals surface area contributed by atoms with Crippen molar-refractivity contribution in [1.29, 1.82) is 0 Å². The van der Waals surface area contributed by atoms with E-state index in [0.717, 1.165) is 52.7 Å². The van der Waals surface area contributed by atoms with E-state index in [2.05, 4.69) is 5.32 Å². The van der Waals surface area contributed by atoms with E-state index >= 15 is 0 Å². The van der Waals surface area contributed by atoms with Crippen LogP contribution in [0.5, 0.6) is 5.75 Å². The molecule has 32 heavy (non-hydrogen) atoms. The van der Waals surface area contributed by atoms with Crippen LogP contribution in [0.4, 0.5) is 5.82 Å². The SMILES string of the molecule is CNc1nc([C@@H]2CCN(C(C)=O)C2)nc2c1CN(C(=O)COc1c(C)cccc1C)CC2. The van der Waals surface area contributed by atoms with Crippen LogP contribution in [0.3, 0.4) is 0 Å². The van der Waals surface area contributed by atoms with Gasteiger partial charge in [0.1, 0.15) is 17.4 Å². The smallest absolute Gasteiger partial charge is 0.260 e. The van der Waals surface area contributed by atoms with E-state index in [-0.39, 0.29) is 24.3 Å². The van der Waals surface area contributed by atoms with Crippen molar-refractivity contribution in [1.82, 2.24) is 19.8 Å². The molecule has 1 atom stereocenters. The Kier molecular flexibility index (Phi) is 6.30. The van der Waals surface area contributed by atoms with Gasteiger partial charge in [0.05, 0.1) is 12.2 Å². The van der Waals surface area contributed by atoms with Crippen LogP contribution in [0.2, 0.25) is 0 Å². The van der Waals surface area contributed by atoms with Gasteiger partial charge in [-0.25, -0.2) is 9.97 Å². The second-order valence-corrected chi connectivity index (χ2v) is 8.63. The number of anilines is 1. The molecule has 2 aliphatic heterocycles. The summed E-state index contributed by atoms with van der Waals surface area (Å²) in [5.41, 5.74) is 4.00. The fourth-order valence-corrected chi connectivity index (χ4v) is 4.54. The summed E-state index contributed by atoms with van der Waals surface area (Å²) in [5, 5.41) is 3.18. The van der Waals surface area contributed by atoms with E-state index in [9.17, 15) is 9.59 Å². The molecule has 3 heterocycles. The maximum Gasteiger partial charge on any atom is 0.260 e. The monoisotopic (exact) mass is 437 g/mol. The summed E-state index contributed by atoms with van der Waals surface area (Å²) in [5.74, 6) is 2.53. The highest BCUT2D eigenvalue weighted by Crippen LogP contribution is 2.30. The zero-order valence-electron chi connectivity index (χ0n) is 19.3. The zero-order chi connectivity index (χ0) is 22.8. The van der Waals surface area contributed by atoms with E-state index in [1.807, 2.05) is 48.9 Å². The summed E-state index contributed by atoms with van der Waals surface area (Å²) in [6.07, 6.45) is 1.56. The minimum Gasteiger partial charge on any atom is -0.483 e. The Labute approximate surface area is 189 Å². The van der Waals surface area contributed by atoms with E-state index in [0.29, 0.717) is 26.1 Å². The number of fused-ring (bicyclic) bond motifs is 1. The number of carbonyl (C=O) groups excluding carboxylic acids is 2. The van der Waals surface area contributed by atoms with Crippen LogP contribution in [0.1, 0.15) is 47.5 Å². The van der Waals surface area contributed by atoms with E-state index in [4.69, 9.17) is 14.7 Å². The van der Waals surface area contributed by atoms with Crippen LogP contribution in [0, 0.1) is 13.8 Å². The van der Waals surface area contributed by atoms with Gasteiger partial charge in [0, 0.05) is 51.5 Å². The predicted molar refractivity (Wildman–Crippen MR) is 122 cm³/mol. The molecule has 1 N–H and O–H groups in total. The highest BCUT2D eigenvalue weighted by Gasteiger charge is 2.31. The van der Waals surface area contributed by atoms with Crippen LogP contribution in [-0.2, 0) is 22.6 Å². The molecule has 1 saturated heterocycles. The molecule has 1 aromatic carbocycles. The van der Waals surface area contributed by atoms with E-state index in [1.54, 1.807) is 6.92 Å². The molecule has 0 bridgehead atoms. The second-order valence-electron chi connectivity index (χ2n) is 8.63. The average molecular weight is 438 g/mol. The van der Waals surface area contributed by atoms with Gasteiger partial charge >= 0.3 is 0 Å². The molecule has 2 aliphatic rings. The normalized spacial score (nSPS) is 17.8. The fourth-order valence-electron chi connectivity index (χ4n) is 4.54. The zero-order valence-corrected chi connectivity index (χ0v) is 19.3. The summed E-state index contributed by atoms with van der Waals surface area (Å²) in [6.45, 7) is 8.06. The molecule has 0 unspecified atom stereocenters. The lowest BCUT2D eigenvalue weighted by Gasteiger charge is -2.30. The lowest BCUT2D eigenvalue weighted by Crippen LogP contribution is -2.40. The minimum absolute atomic E-state index is 0.0117. The van der Waals surface area contributed by atoms with Crippen molar-refractivity contribution in [3.63, 3.8) is 0 Å². The number of carbonyl (C=O) groups is 2. The molecular weight excluding hydrogens is 406 g/mol. The average Bonchev–Trinajstić information content (AvgIpc) is 3.28. The molecule has 8 nitrogen and oxygen atoms in total. The quantitative estimate of drug-likeness (QED) is 0.773. The van der Waals surface area contributed by atoms with Crippen LogP contribution in [0.25, 0.3) is 0 Å². The van der Waals surface area contributed by atoms with Gasteiger partial charge < -0.3 is 19.9 Å². The van der Waals surface area contributed by atoms with Crippen molar-refractivity contribution in [3.05, 3.63) is 46.4 Å². The highest BCUT2D eigenvalue weighted by molar-refractivity contribution is 5.78. The Balaban J connectivity index is 1.46. The number of benzene rings is 1. The first-order valence-corrected chi connectivity index (χ1v) is 11.2. The van der Waals surface area contributed by atoms with Gasteiger partial charge in [-0.1, -0.05) is 18.2 Å². The Morgan fingerprint density at radius 1 is 1.16 bits per heavy atom. The molecule has 1 aromatic heterocycles. The summed E-state index contributed by atoms with van der Waals surface area (Å²) < 4.78 is 5.87. The van der Waals surface area contributed by atoms with Crippen LogP contribution >= 0.6 is 0 Å². The molecular formula is C24H31N5O3. The Morgan fingerprint density at radius 2 is 1.91 bits per heavy atom. The Bertz CT molecular complexity index is 1000. The van der Waals surface area contributed by atoms with Gasteiger partial charge in [0.2, 0.25) is 5.91 Å². The summed E-state index contributed by atoms with van der Waals surface area (Å²) in [4.78, 5) is 37.8. The third kappa shape index (κ3) is 4.40. The summed E-state index contributed by atoms with van der Waals surface area (Å²) in [7, 11) is 1.84. The minimum atomic E-state index is -0.0441. The molecule has 4 rings (SSSR count). The third-order valence-corrected chi connectivity index (χ3v) is 6.41. The predicted octanol–water partition coefficient (Wildman–Crippen LogP) is 2.43. The Hall–Kier alpha value is -3.16. The van der Waals surface area contributed by atoms with Crippen molar-refractivity contribution in [2.75, 3.05) is 38.6 Å². The molecule has 1 fully saturated rings. The highest BCUT2D eigenvalue weighted by atomic mass is 16.5. The fraction of sp³-hybridized carbons (Fsp3) is 0.500. The molecule has 0 saturated carbocycles. The van der Waals surface area contributed by atoms with Gasteiger partial charge in [0.15, 0.2) is 6.61 Å². The van der Waals surface area contributed by atoms with Gasteiger partial charge in [-0.05, 0) is 31.4 Å². The van der Waals surface area contributed by atoms with E-state index in [1.165, 1.54) is 0 Å². The maximum absolute atomic E-state index is 12.9. The largest absolute Gasteiger partial charge is 0.483 e. The second kappa shape index (κ2) is 9.14. The number of amides is 2. The van der Waals surface area contributed by atoms with Gasteiger partial charge in [-0.2, -0.15) is 0 Å². The van der Waals surface area contributed by atoms with Gasteiger partial charge in [0.25, 0.3) is 5.91 Å². The summed E-state index contributed by atoms with van der Waals surface area (Å²) >= 11 is 0. The molecule has 2 aromatic rings. The van der Waals surface area contributed by atoms with Crippen molar-refractivity contribution in [2.24, 2.45) is 0 Å². The lowest BCUT2D eigenvalue weighted by atomic mass is 10.0. The molecule has 0 radical (unpaired) electrons. The van der Waals surface area contributed by atoms with Crippen molar-refractivity contribution in [3.8, 4) is 5.75 Å². The molecule has 8 heteroatoms. The number of aryl methyl sites for hydroxylation is 2. The van der Waals surface area contributed by atoms with E-state index < -0.39 is 0 Å². The number of ether oxygens (including phenoxy) is 1.